The molecule has 10 heteroatoms. The van der Waals surface area contributed by atoms with Crippen molar-refractivity contribution in [3.63, 3.8) is 0 Å². The zero-order valence-electron chi connectivity index (χ0n) is 13.9. The first-order valence-corrected chi connectivity index (χ1v) is 7.36. The van der Waals surface area contributed by atoms with Gasteiger partial charge in [0.25, 0.3) is 11.8 Å². The molecule has 9 nitrogen and oxygen atoms in total. The molecule has 2 rings (SSSR count). The third kappa shape index (κ3) is 3.15. The van der Waals surface area contributed by atoms with Crippen molar-refractivity contribution in [3.8, 4) is 11.5 Å². The third-order valence-corrected chi connectivity index (χ3v) is 4.22. The number of nitro groups is 1. The molecule has 132 valence electrons. The monoisotopic (exact) mass is 365 g/mol. The number of nitro benzene ring substituents is 1. The molecule has 1 aliphatic heterocycles. The zero-order chi connectivity index (χ0) is 18.9. The molecule has 0 spiro atoms. The second-order valence-corrected chi connectivity index (χ2v) is 5.46. The Labute approximate surface area is 148 Å². The van der Waals surface area contributed by atoms with Crippen LogP contribution in [0.3, 0.4) is 0 Å². The van der Waals surface area contributed by atoms with Gasteiger partial charge in [0.15, 0.2) is 5.11 Å². The Morgan fingerprint density at radius 3 is 2.04 bits per heavy atom. The van der Waals surface area contributed by atoms with Gasteiger partial charge in [0, 0.05) is 31.8 Å². The van der Waals surface area contributed by atoms with Gasteiger partial charge in [-0.3, -0.25) is 29.5 Å². The average Bonchev–Trinajstić information content (AvgIpc) is 2.61. The summed E-state index contributed by atoms with van der Waals surface area (Å²) in [7, 11) is 5.53. The highest BCUT2D eigenvalue weighted by molar-refractivity contribution is 7.80. The molecule has 1 aromatic carbocycles. The van der Waals surface area contributed by atoms with Crippen LogP contribution in [0.4, 0.5) is 5.69 Å². The summed E-state index contributed by atoms with van der Waals surface area (Å²) < 4.78 is 10.2. The number of methoxy groups -OCH3 is 2. The van der Waals surface area contributed by atoms with Crippen molar-refractivity contribution in [2.75, 3.05) is 28.3 Å². The largest absolute Gasteiger partial charge is 0.496 e. The number of hydrogen-bond donors (Lipinski definition) is 0. The number of rotatable bonds is 4. The molecule has 0 unspecified atom stereocenters. The van der Waals surface area contributed by atoms with E-state index in [4.69, 9.17) is 21.7 Å². The Hall–Kier alpha value is -3.01. The number of thiocarbonyl (C=S) groups is 1. The van der Waals surface area contributed by atoms with Crippen LogP contribution in [-0.4, -0.2) is 60.0 Å². The van der Waals surface area contributed by atoms with Crippen LogP contribution < -0.4 is 9.47 Å². The summed E-state index contributed by atoms with van der Waals surface area (Å²) >= 11 is 5.01. The number of amides is 2. The summed E-state index contributed by atoms with van der Waals surface area (Å²) in [5.74, 6) is -0.989. The van der Waals surface area contributed by atoms with Crippen LogP contribution in [-0.2, 0) is 9.59 Å². The molecule has 0 bridgehead atoms. The third-order valence-electron chi connectivity index (χ3n) is 3.67. The maximum absolute atomic E-state index is 12.4. The van der Waals surface area contributed by atoms with Gasteiger partial charge < -0.3 is 9.47 Å². The van der Waals surface area contributed by atoms with Crippen LogP contribution >= 0.6 is 12.2 Å². The quantitative estimate of drug-likeness (QED) is 0.260. The molecule has 1 fully saturated rings. The van der Waals surface area contributed by atoms with Crippen molar-refractivity contribution in [1.29, 1.82) is 0 Å². The van der Waals surface area contributed by atoms with Crippen LogP contribution in [0.15, 0.2) is 17.7 Å². The Bertz CT molecular complexity index is 794. The van der Waals surface area contributed by atoms with Crippen molar-refractivity contribution >= 4 is 40.9 Å². The predicted octanol–water partition coefficient (Wildman–Crippen LogP) is 1.21. The molecular weight excluding hydrogens is 350 g/mol. The Kier molecular flexibility index (Phi) is 5.02. The van der Waals surface area contributed by atoms with Gasteiger partial charge in [-0.15, -0.1) is 0 Å². The van der Waals surface area contributed by atoms with Gasteiger partial charge in [0.05, 0.1) is 19.1 Å². The first-order valence-electron chi connectivity index (χ1n) is 6.95. The molecule has 0 saturated carbocycles. The maximum Gasteiger partial charge on any atom is 0.311 e. The fraction of sp³-hybridized carbons (Fsp3) is 0.267. The van der Waals surface area contributed by atoms with Gasteiger partial charge in [-0.05, 0) is 18.3 Å². The summed E-state index contributed by atoms with van der Waals surface area (Å²) in [6.07, 6.45) is 1.24. The van der Waals surface area contributed by atoms with E-state index in [0.29, 0.717) is 0 Å². The van der Waals surface area contributed by atoms with E-state index in [1.165, 1.54) is 46.5 Å². The van der Waals surface area contributed by atoms with Crippen molar-refractivity contribution in [2.24, 2.45) is 0 Å². The number of nitrogens with zero attached hydrogens (tertiary/aromatic N) is 3. The second kappa shape index (κ2) is 6.85. The highest BCUT2D eigenvalue weighted by atomic mass is 32.1. The van der Waals surface area contributed by atoms with Crippen LogP contribution in [0.5, 0.6) is 11.5 Å². The maximum atomic E-state index is 12.4. The minimum Gasteiger partial charge on any atom is -0.496 e. The van der Waals surface area contributed by atoms with E-state index in [1.807, 2.05) is 0 Å². The molecule has 0 N–H and O–H groups in total. The Morgan fingerprint density at radius 1 is 1.08 bits per heavy atom. The van der Waals surface area contributed by atoms with Crippen molar-refractivity contribution in [1.82, 2.24) is 9.80 Å². The molecule has 1 aliphatic rings. The van der Waals surface area contributed by atoms with Crippen molar-refractivity contribution < 1.29 is 24.0 Å². The summed E-state index contributed by atoms with van der Waals surface area (Å²) in [5, 5.41) is 11.3. The van der Waals surface area contributed by atoms with E-state index in [9.17, 15) is 19.7 Å². The van der Waals surface area contributed by atoms with E-state index >= 15 is 0 Å². The highest BCUT2D eigenvalue weighted by Gasteiger charge is 2.35. The zero-order valence-corrected chi connectivity index (χ0v) is 14.7. The smallest absolute Gasteiger partial charge is 0.311 e. The van der Waals surface area contributed by atoms with Crippen LogP contribution in [0.1, 0.15) is 5.56 Å². The van der Waals surface area contributed by atoms with Gasteiger partial charge in [0.2, 0.25) is 5.75 Å². The molecule has 1 aromatic rings. The molecular formula is C15H15N3O6S. The van der Waals surface area contributed by atoms with E-state index in [0.717, 1.165) is 9.80 Å². The second-order valence-electron chi connectivity index (χ2n) is 5.09. The minimum atomic E-state index is -0.627. The number of carbonyl (C=O) groups excluding carboxylic acids is 2. The van der Waals surface area contributed by atoms with Gasteiger partial charge in [-0.2, -0.15) is 0 Å². The fourth-order valence-electron chi connectivity index (χ4n) is 2.29. The number of likely N-dealkylation sites (N-methyl/N-ethyl adjacent to an activating group) is 2. The SMILES string of the molecule is COc1cc(OC)c([N+](=O)[O-])cc1C=C1C(=O)N(C)C(=S)N(C)C1=O. The van der Waals surface area contributed by atoms with E-state index in [2.05, 4.69) is 0 Å². The van der Waals surface area contributed by atoms with Gasteiger partial charge in [-0.25, -0.2) is 0 Å². The number of carbonyl (C=O) groups is 2. The summed E-state index contributed by atoms with van der Waals surface area (Å²) in [6.45, 7) is 0. The molecule has 1 saturated heterocycles. The highest BCUT2D eigenvalue weighted by Crippen LogP contribution is 2.36. The summed E-state index contributed by atoms with van der Waals surface area (Å²) in [5.41, 5.74) is -0.305. The van der Waals surface area contributed by atoms with Gasteiger partial charge >= 0.3 is 5.69 Å². The minimum absolute atomic E-state index is 0.000658. The molecule has 25 heavy (non-hydrogen) atoms. The molecule has 1 heterocycles. The van der Waals surface area contributed by atoms with Crippen LogP contribution in [0.25, 0.3) is 6.08 Å². The molecule has 0 aromatic heterocycles. The Balaban J connectivity index is 2.64. The predicted molar refractivity (Wildman–Crippen MR) is 92.3 cm³/mol. The van der Waals surface area contributed by atoms with Gasteiger partial charge in [-0.1, -0.05) is 0 Å². The number of ether oxygens (including phenoxy) is 2. The normalized spacial score (nSPS) is 14.7. The van der Waals surface area contributed by atoms with Crippen molar-refractivity contribution in [3.05, 3.63) is 33.4 Å². The van der Waals surface area contributed by atoms with Crippen LogP contribution in [0.2, 0.25) is 0 Å². The standard InChI is InChI=1S/C15H15N3O6S/c1-16-13(19)9(14(20)17(2)15(16)25)5-8-6-10(18(21)22)12(24-4)7-11(8)23-3/h5-7H,1-4H3. The average molecular weight is 365 g/mol. The molecule has 0 atom stereocenters. The molecule has 0 aliphatic carbocycles. The first kappa shape index (κ1) is 18.3. The number of hydrogen-bond acceptors (Lipinski definition) is 7. The van der Waals surface area contributed by atoms with Gasteiger partial charge in [0.1, 0.15) is 11.3 Å². The molecule has 0 radical (unpaired) electrons. The fourth-order valence-corrected chi connectivity index (χ4v) is 2.46. The Morgan fingerprint density at radius 2 is 1.60 bits per heavy atom. The lowest BCUT2D eigenvalue weighted by Gasteiger charge is -2.31. The van der Waals surface area contributed by atoms with Crippen molar-refractivity contribution in [2.45, 2.75) is 0 Å². The lowest BCUT2D eigenvalue weighted by atomic mass is 10.1. The van der Waals surface area contributed by atoms with E-state index in [-0.39, 0.29) is 33.4 Å². The summed E-state index contributed by atoms with van der Waals surface area (Å²) in [4.78, 5) is 37.6. The lowest BCUT2D eigenvalue weighted by molar-refractivity contribution is -0.385. The lowest BCUT2D eigenvalue weighted by Crippen LogP contribution is -2.52. The number of benzene rings is 1. The van der Waals surface area contributed by atoms with E-state index < -0.39 is 16.7 Å². The first-order chi connectivity index (χ1) is 11.7. The topological polar surface area (TPSA) is 102 Å². The van der Waals surface area contributed by atoms with Crippen LogP contribution in [0, 0.1) is 10.1 Å². The molecule has 2 amide bonds. The van der Waals surface area contributed by atoms with E-state index in [1.54, 1.807) is 0 Å². The summed E-state index contributed by atoms with van der Waals surface area (Å²) in [6, 6.07) is 2.50.